The third-order valence-electron chi connectivity index (χ3n) is 4.53. The van der Waals surface area contributed by atoms with Crippen LogP contribution >= 0.6 is 0 Å². The van der Waals surface area contributed by atoms with Gasteiger partial charge in [0, 0.05) is 47.4 Å². The zero-order valence-corrected chi connectivity index (χ0v) is 15.4. The number of rotatable bonds is 4. The van der Waals surface area contributed by atoms with Crippen molar-refractivity contribution in [2.75, 3.05) is 6.26 Å². The predicted octanol–water partition coefficient (Wildman–Crippen LogP) is 4.29. The van der Waals surface area contributed by atoms with Gasteiger partial charge in [-0.25, -0.2) is 12.8 Å². The number of halogens is 1. The van der Waals surface area contributed by atoms with E-state index in [9.17, 15) is 12.8 Å². The number of sulfone groups is 1. The van der Waals surface area contributed by atoms with Crippen LogP contribution in [0.1, 0.15) is 5.56 Å². The average molecular weight is 380 g/mol. The molecule has 0 amide bonds. The molecule has 0 atom stereocenters. The van der Waals surface area contributed by atoms with Crippen molar-refractivity contribution >= 4 is 20.7 Å². The average Bonchev–Trinajstić information content (AvgIpc) is 3.01. The van der Waals surface area contributed by atoms with Crippen LogP contribution in [-0.4, -0.2) is 24.2 Å². The summed E-state index contributed by atoms with van der Waals surface area (Å²) in [6.45, 7) is 0.541. The molecule has 0 fully saturated rings. The molecular formula is C21H17FN2O2S. The Morgan fingerprint density at radius 2 is 1.67 bits per heavy atom. The Morgan fingerprint density at radius 3 is 2.33 bits per heavy atom. The first-order valence-corrected chi connectivity index (χ1v) is 10.3. The van der Waals surface area contributed by atoms with Gasteiger partial charge in [0.15, 0.2) is 9.84 Å². The van der Waals surface area contributed by atoms with E-state index in [0.29, 0.717) is 6.54 Å². The molecule has 2 aromatic heterocycles. The maximum Gasteiger partial charge on any atom is 0.175 e. The third kappa shape index (κ3) is 3.48. The molecule has 4 rings (SSSR count). The highest BCUT2D eigenvalue weighted by Gasteiger charge is 2.14. The highest BCUT2D eigenvalue weighted by molar-refractivity contribution is 7.90. The van der Waals surface area contributed by atoms with E-state index in [1.165, 1.54) is 18.4 Å². The summed E-state index contributed by atoms with van der Waals surface area (Å²) >= 11 is 0. The van der Waals surface area contributed by atoms with Gasteiger partial charge in [0.1, 0.15) is 5.82 Å². The van der Waals surface area contributed by atoms with Crippen LogP contribution in [0, 0.1) is 5.82 Å². The van der Waals surface area contributed by atoms with Crippen molar-refractivity contribution in [3.05, 3.63) is 84.4 Å². The van der Waals surface area contributed by atoms with Gasteiger partial charge in [-0.05, 0) is 54.1 Å². The second-order valence-corrected chi connectivity index (χ2v) is 8.49. The molecule has 4 nitrogen and oxygen atoms in total. The van der Waals surface area contributed by atoms with E-state index in [0.717, 1.165) is 27.7 Å². The Labute approximate surface area is 156 Å². The minimum atomic E-state index is -3.29. The molecule has 4 aromatic rings. The van der Waals surface area contributed by atoms with Crippen molar-refractivity contribution in [1.82, 2.24) is 9.55 Å². The zero-order chi connectivity index (χ0) is 19.0. The second kappa shape index (κ2) is 6.63. The van der Waals surface area contributed by atoms with Crippen molar-refractivity contribution in [3.63, 3.8) is 0 Å². The summed E-state index contributed by atoms with van der Waals surface area (Å²) < 4.78 is 39.2. The molecule has 0 unspecified atom stereocenters. The predicted molar refractivity (Wildman–Crippen MR) is 104 cm³/mol. The molecule has 0 N–H and O–H groups in total. The van der Waals surface area contributed by atoms with Crippen LogP contribution in [0.2, 0.25) is 0 Å². The van der Waals surface area contributed by atoms with E-state index in [1.807, 2.05) is 24.3 Å². The van der Waals surface area contributed by atoms with Gasteiger partial charge < -0.3 is 4.57 Å². The summed E-state index contributed by atoms with van der Waals surface area (Å²) in [5.74, 6) is -0.275. The lowest BCUT2D eigenvalue weighted by molar-refractivity contribution is 0.602. The zero-order valence-electron chi connectivity index (χ0n) is 14.6. The van der Waals surface area contributed by atoms with E-state index in [4.69, 9.17) is 0 Å². The molecule has 6 heteroatoms. The van der Waals surface area contributed by atoms with Gasteiger partial charge in [0.25, 0.3) is 0 Å². The quantitative estimate of drug-likeness (QED) is 0.531. The van der Waals surface area contributed by atoms with Crippen molar-refractivity contribution in [1.29, 1.82) is 0 Å². The number of aromatic nitrogens is 2. The molecule has 0 spiro atoms. The molecule has 0 bridgehead atoms. The van der Waals surface area contributed by atoms with Crippen molar-refractivity contribution < 1.29 is 12.8 Å². The fraction of sp³-hybridized carbons (Fsp3) is 0.0952. The SMILES string of the molecule is CS(=O)(=O)c1ccc2c(c1)cc(-c1ccncc1)n2Cc1ccc(F)cc1. The smallest absolute Gasteiger partial charge is 0.175 e. The lowest BCUT2D eigenvalue weighted by Gasteiger charge is -2.11. The summed E-state index contributed by atoms with van der Waals surface area (Å²) in [5.41, 5.74) is 3.79. The number of fused-ring (bicyclic) bond motifs is 1. The van der Waals surface area contributed by atoms with Crippen LogP contribution in [0.4, 0.5) is 4.39 Å². The van der Waals surface area contributed by atoms with Crippen LogP contribution in [0.15, 0.2) is 78.0 Å². The summed E-state index contributed by atoms with van der Waals surface area (Å²) in [7, 11) is -3.29. The Bertz CT molecular complexity index is 1210. The van der Waals surface area contributed by atoms with Gasteiger partial charge in [-0.15, -0.1) is 0 Å². The summed E-state index contributed by atoms with van der Waals surface area (Å²) in [4.78, 5) is 4.35. The third-order valence-corrected chi connectivity index (χ3v) is 5.64. The lowest BCUT2D eigenvalue weighted by atomic mass is 10.1. The van der Waals surface area contributed by atoms with Gasteiger partial charge in [-0.3, -0.25) is 4.98 Å². The molecule has 0 aliphatic rings. The maximum absolute atomic E-state index is 13.2. The molecular weight excluding hydrogens is 363 g/mol. The van der Waals surface area contributed by atoms with E-state index in [1.54, 1.807) is 36.7 Å². The van der Waals surface area contributed by atoms with Crippen LogP contribution in [0.25, 0.3) is 22.2 Å². The van der Waals surface area contributed by atoms with Crippen molar-refractivity contribution in [2.24, 2.45) is 0 Å². The maximum atomic E-state index is 13.2. The lowest BCUT2D eigenvalue weighted by Crippen LogP contribution is -2.02. The topological polar surface area (TPSA) is 52.0 Å². The molecule has 2 heterocycles. The highest BCUT2D eigenvalue weighted by atomic mass is 32.2. The molecule has 27 heavy (non-hydrogen) atoms. The van der Waals surface area contributed by atoms with Gasteiger partial charge in [-0.2, -0.15) is 0 Å². The van der Waals surface area contributed by atoms with Crippen molar-refractivity contribution in [3.8, 4) is 11.3 Å². The Kier molecular flexibility index (Phi) is 4.28. The summed E-state index contributed by atoms with van der Waals surface area (Å²) in [6, 6.07) is 17.3. The summed E-state index contributed by atoms with van der Waals surface area (Å²) in [5, 5.41) is 0.840. The van der Waals surface area contributed by atoms with Crippen LogP contribution in [-0.2, 0) is 16.4 Å². The van der Waals surface area contributed by atoms with E-state index in [2.05, 4.69) is 9.55 Å². The van der Waals surface area contributed by atoms with E-state index < -0.39 is 9.84 Å². The molecule has 136 valence electrons. The van der Waals surface area contributed by atoms with Gasteiger partial charge in [-0.1, -0.05) is 12.1 Å². The second-order valence-electron chi connectivity index (χ2n) is 6.47. The van der Waals surface area contributed by atoms with Crippen molar-refractivity contribution in [2.45, 2.75) is 11.4 Å². The van der Waals surface area contributed by atoms with Crippen LogP contribution in [0.5, 0.6) is 0 Å². The molecule has 0 aliphatic carbocycles. The minimum Gasteiger partial charge on any atom is -0.336 e. The number of hydrogen-bond donors (Lipinski definition) is 0. The monoisotopic (exact) mass is 380 g/mol. The fourth-order valence-electron chi connectivity index (χ4n) is 3.18. The Balaban J connectivity index is 1.91. The first-order chi connectivity index (χ1) is 12.9. The molecule has 0 saturated carbocycles. The fourth-order valence-corrected chi connectivity index (χ4v) is 3.84. The first-order valence-electron chi connectivity index (χ1n) is 8.40. The van der Waals surface area contributed by atoms with Gasteiger partial charge in [0.2, 0.25) is 0 Å². The van der Waals surface area contributed by atoms with Gasteiger partial charge >= 0.3 is 0 Å². The Hall–Kier alpha value is -2.99. The summed E-state index contributed by atoms with van der Waals surface area (Å²) in [6.07, 6.45) is 4.64. The standard InChI is InChI=1S/C21H17FN2O2S/c1-27(25,26)19-6-7-20-17(12-19)13-21(16-8-10-23-11-9-16)24(20)14-15-2-4-18(22)5-3-15/h2-13H,14H2,1H3. The molecule has 0 aliphatic heterocycles. The Morgan fingerprint density at radius 1 is 0.963 bits per heavy atom. The number of hydrogen-bond acceptors (Lipinski definition) is 3. The normalized spacial score (nSPS) is 11.8. The molecule has 0 saturated heterocycles. The number of pyridine rings is 1. The molecule has 0 radical (unpaired) electrons. The van der Waals surface area contributed by atoms with Gasteiger partial charge in [0.05, 0.1) is 4.90 Å². The number of benzene rings is 2. The highest BCUT2D eigenvalue weighted by Crippen LogP contribution is 2.30. The largest absolute Gasteiger partial charge is 0.336 e. The van der Waals surface area contributed by atoms with E-state index >= 15 is 0 Å². The van der Waals surface area contributed by atoms with Crippen LogP contribution in [0.3, 0.4) is 0 Å². The van der Waals surface area contributed by atoms with E-state index in [-0.39, 0.29) is 10.7 Å². The first kappa shape index (κ1) is 17.4. The minimum absolute atomic E-state index is 0.275. The van der Waals surface area contributed by atoms with Crippen LogP contribution < -0.4 is 0 Å². The molecule has 2 aromatic carbocycles. The number of nitrogens with zero attached hydrogens (tertiary/aromatic N) is 2.